The Balaban J connectivity index is 2.16. The van der Waals surface area contributed by atoms with Crippen LogP contribution in [0.5, 0.6) is 0 Å². The number of H-pyrrole nitrogens is 1. The molecule has 0 spiro atoms. The van der Waals surface area contributed by atoms with Gasteiger partial charge in [-0.25, -0.2) is 4.79 Å². The minimum absolute atomic E-state index is 0.0758. The predicted octanol–water partition coefficient (Wildman–Crippen LogP) is 2.24. The topological polar surface area (TPSA) is 67.0 Å². The summed E-state index contributed by atoms with van der Waals surface area (Å²) in [6.07, 6.45) is 0. The highest BCUT2D eigenvalue weighted by molar-refractivity contribution is 9.10. The monoisotopic (exact) mass is 345 g/mol. The standard InChI is InChI=1S/C15H9BrN2O3/c16-12-9-5-4-8-11(12)14(19)13-15(20)21-17-18(13)10-6-2-1-3-7-10/h1-9H/p+1. The highest BCUT2D eigenvalue weighted by Crippen LogP contribution is 2.17. The lowest BCUT2D eigenvalue weighted by molar-refractivity contribution is -0.672. The molecule has 0 unspecified atom stereocenters. The van der Waals surface area contributed by atoms with Crippen LogP contribution in [0.25, 0.3) is 5.69 Å². The first-order chi connectivity index (χ1) is 10.2. The van der Waals surface area contributed by atoms with Gasteiger partial charge in [0.15, 0.2) is 0 Å². The number of aromatic nitrogens is 2. The van der Waals surface area contributed by atoms with Crippen molar-refractivity contribution in [2.75, 3.05) is 0 Å². The zero-order valence-corrected chi connectivity index (χ0v) is 12.3. The number of rotatable bonds is 3. The summed E-state index contributed by atoms with van der Waals surface area (Å²) < 4.78 is 6.74. The summed E-state index contributed by atoms with van der Waals surface area (Å²) in [7, 11) is 0. The molecule has 1 heterocycles. The number of aromatic amines is 1. The minimum atomic E-state index is -0.709. The highest BCUT2D eigenvalue weighted by atomic mass is 79.9. The number of hydrogen-bond acceptors (Lipinski definition) is 3. The zero-order valence-electron chi connectivity index (χ0n) is 10.7. The van der Waals surface area contributed by atoms with E-state index in [1.807, 2.05) is 6.07 Å². The molecule has 6 heteroatoms. The highest BCUT2D eigenvalue weighted by Gasteiger charge is 2.32. The van der Waals surface area contributed by atoms with Gasteiger partial charge in [-0.1, -0.05) is 46.3 Å². The molecule has 3 aromatic rings. The molecule has 0 fully saturated rings. The largest absolute Gasteiger partial charge is 0.439 e. The van der Waals surface area contributed by atoms with Gasteiger partial charge in [-0.2, -0.15) is 0 Å². The van der Waals surface area contributed by atoms with Crippen molar-refractivity contribution >= 4 is 21.7 Å². The van der Waals surface area contributed by atoms with Gasteiger partial charge in [0, 0.05) is 22.2 Å². The van der Waals surface area contributed by atoms with Crippen LogP contribution in [-0.4, -0.2) is 11.1 Å². The summed E-state index contributed by atoms with van der Waals surface area (Å²) in [5.74, 6) is -0.415. The third-order valence-electron chi connectivity index (χ3n) is 2.99. The molecule has 0 saturated carbocycles. The van der Waals surface area contributed by atoms with Crippen LogP contribution in [0.4, 0.5) is 0 Å². The second-order valence-electron chi connectivity index (χ2n) is 4.31. The summed E-state index contributed by atoms with van der Waals surface area (Å²) in [5.41, 5.74) is 0.251. The normalized spacial score (nSPS) is 10.5. The molecule has 1 N–H and O–H groups in total. The van der Waals surface area contributed by atoms with Crippen LogP contribution in [0.15, 0.2) is 68.4 Å². The Morgan fingerprint density at radius 1 is 1.05 bits per heavy atom. The van der Waals surface area contributed by atoms with Gasteiger partial charge in [0.1, 0.15) is 0 Å². The summed E-state index contributed by atoms with van der Waals surface area (Å²) in [6.45, 7) is 0. The van der Waals surface area contributed by atoms with E-state index in [0.29, 0.717) is 15.7 Å². The molecule has 1 aromatic heterocycles. The molecule has 21 heavy (non-hydrogen) atoms. The van der Waals surface area contributed by atoms with E-state index >= 15 is 0 Å². The van der Waals surface area contributed by atoms with E-state index in [4.69, 9.17) is 4.52 Å². The minimum Gasteiger partial charge on any atom is -0.282 e. The second-order valence-corrected chi connectivity index (χ2v) is 5.16. The van der Waals surface area contributed by atoms with Crippen molar-refractivity contribution in [1.82, 2.24) is 5.27 Å². The molecular formula is C15H10BrN2O3+. The fourth-order valence-electron chi connectivity index (χ4n) is 2.00. The van der Waals surface area contributed by atoms with Crippen molar-refractivity contribution in [3.8, 4) is 5.69 Å². The van der Waals surface area contributed by atoms with E-state index in [0.717, 1.165) is 0 Å². The smallest absolute Gasteiger partial charge is 0.282 e. The summed E-state index contributed by atoms with van der Waals surface area (Å²) in [6, 6.07) is 15.9. The van der Waals surface area contributed by atoms with E-state index < -0.39 is 11.4 Å². The molecule has 0 aliphatic carbocycles. The van der Waals surface area contributed by atoms with Crippen LogP contribution in [0, 0.1) is 0 Å². The SMILES string of the molecule is O=C(c1ccccc1Br)c1c(=O)o[nH][n+]1-c1ccccc1. The second kappa shape index (κ2) is 5.49. The fourth-order valence-corrected chi connectivity index (χ4v) is 2.46. The molecule has 0 bridgehead atoms. The number of carbonyl (C=O) groups excluding carboxylic acids is 1. The molecule has 104 valence electrons. The lowest BCUT2D eigenvalue weighted by Gasteiger charge is -1.98. The van der Waals surface area contributed by atoms with Crippen molar-refractivity contribution < 1.29 is 14.0 Å². The number of para-hydroxylation sites is 1. The van der Waals surface area contributed by atoms with Gasteiger partial charge in [0.25, 0.3) is 5.78 Å². The van der Waals surface area contributed by atoms with E-state index in [9.17, 15) is 9.59 Å². The average molecular weight is 346 g/mol. The summed E-state index contributed by atoms with van der Waals surface area (Å²) >= 11 is 3.31. The number of ketones is 1. The Morgan fingerprint density at radius 2 is 1.71 bits per heavy atom. The first-order valence-electron chi connectivity index (χ1n) is 6.16. The number of benzene rings is 2. The van der Waals surface area contributed by atoms with Gasteiger partial charge >= 0.3 is 11.3 Å². The van der Waals surface area contributed by atoms with E-state index in [1.54, 1.807) is 48.5 Å². The zero-order chi connectivity index (χ0) is 14.8. The third-order valence-corrected chi connectivity index (χ3v) is 3.69. The maximum atomic E-state index is 12.6. The van der Waals surface area contributed by atoms with Gasteiger partial charge < -0.3 is 0 Å². The van der Waals surface area contributed by atoms with E-state index in [1.165, 1.54) is 4.68 Å². The van der Waals surface area contributed by atoms with Gasteiger partial charge in [-0.05, 0) is 22.1 Å². The van der Waals surface area contributed by atoms with Crippen molar-refractivity contribution in [3.05, 3.63) is 80.7 Å². The number of nitrogens with zero attached hydrogens (tertiary/aromatic N) is 1. The van der Waals surface area contributed by atoms with Crippen molar-refractivity contribution in [2.24, 2.45) is 0 Å². The molecule has 0 atom stereocenters. The van der Waals surface area contributed by atoms with Gasteiger partial charge in [0.2, 0.25) is 5.69 Å². The summed E-state index contributed by atoms with van der Waals surface area (Å²) in [5, 5.41) is 2.45. The van der Waals surface area contributed by atoms with Crippen LogP contribution in [0.3, 0.4) is 0 Å². The van der Waals surface area contributed by atoms with Crippen molar-refractivity contribution in [2.45, 2.75) is 0 Å². The quantitative estimate of drug-likeness (QED) is 0.584. The van der Waals surface area contributed by atoms with E-state index in [-0.39, 0.29) is 5.69 Å². The first-order valence-corrected chi connectivity index (χ1v) is 6.96. The lowest BCUT2D eigenvalue weighted by Crippen LogP contribution is -2.41. The van der Waals surface area contributed by atoms with E-state index in [2.05, 4.69) is 21.2 Å². The van der Waals surface area contributed by atoms with Crippen molar-refractivity contribution in [1.29, 1.82) is 0 Å². The molecule has 5 nitrogen and oxygen atoms in total. The van der Waals surface area contributed by atoms with Crippen LogP contribution in [-0.2, 0) is 0 Å². The number of carbonyl (C=O) groups is 1. The molecule has 3 rings (SSSR count). The number of halogens is 1. The fraction of sp³-hybridized carbons (Fsp3) is 0. The number of hydrogen-bond donors (Lipinski definition) is 1. The van der Waals surface area contributed by atoms with Gasteiger partial charge in [0.05, 0.1) is 0 Å². The Morgan fingerprint density at radius 3 is 2.43 bits per heavy atom. The Kier molecular flexibility index (Phi) is 3.53. The van der Waals surface area contributed by atoms with Gasteiger partial charge in [-0.3, -0.25) is 9.32 Å². The van der Waals surface area contributed by atoms with Crippen LogP contribution in [0.1, 0.15) is 16.1 Å². The molecule has 0 radical (unpaired) electrons. The third kappa shape index (κ3) is 2.45. The molecule has 0 saturated heterocycles. The molecular weight excluding hydrogens is 336 g/mol. The summed E-state index contributed by atoms with van der Waals surface area (Å²) in [4.78, 5) is 24.5. The molecule has 0 amide bonds. The van der Waals surface area contributed by atoms with Crippen LogP contribution < -0.4 is 10.3 Å². The number of nitrogens with one attached hydrogen (secondary N) is 1. The van der Waals surface area contributed by atoms with Crippen LogP contribution >= 0.6 is 15.9 Å². The maximum Gasteiger partial charge on any atom is 0.439 e. The molecule has 2 aromatic carbocycles. The Labute approximate surface area is 127 Å². The van der Waals surface area contributed by atoms with Gasteiger partial charge in [-0.15, -0.1) is 0 Å². The first kappa shape index (κ1) is 13.5. The molecule has 0 aliphatic rings. The Bertz CT molecular complexity index is 853. The average Bonchev–Trinajstić information content (AvgIpc) is 2.90. The lowest BCUT2D eigenvalue weighted by atomic mass is 10.1. The maximum absolute atomic E-state index is 12.6. The predicted molar refractivity (Wildman–Crippen MR) is 78.4 cm³/mol. The Hall–Kier alpha value is -2.47. The molecule has 0 aliphatic heterocycles. The van der Waals surface area contributed by atoms with Crippen LogP contribution in [0.2, 0.25) is 0 Å². The van der Waals surface area contributed by atoms with Crippen molar-refractivity contribution in [3.63, 3.8) is 0 Å².